The van der Waals surface area contributed by atoms with E-state index in [9.17, 15) is 0 Å². The molecule has 0 bridgehead atoms. The number of aromatic nitrogens is 3. The van der Waals surface area contributed by atoms with Gasteiger partial charge in [-0.1, -0.05) is 6.07 Å². The summed E-state index contributed by atoms with van der Waals surface area (Å²) in [6.07, 6.45) is 1.78. The molecule has 6 heteroatoms. The van der Waals surface area contributed by atoms with Crippen molar-refractivity contribution < 1.29 is 0 Å². The van der Waals surface area contributed by atoms with Crippen LogP contribution in [0, 0.1) is 13.8 Å². The SMILES string of the molecule is Cc1ccnc(Nc2cccc(-c3sc([C@H](C)N)nc3C)n2)c1. The molecule has 0 aliphatic rings. The summed E-state index contributed by atoms with van der Waals surface area (Å²) in [6.45, 7) is 5.96. The molecule has 1 atom stereocenters. The van der Waals surface area contributed by atoms with Crippen molar-refractivity contribution in [3.8, 4) is 10.6 Å². The van der Waals surface area contributed by atoms with E-state index >= 15 is 0 Å². The highest BCUT2D eigenvalue weighted by Gasteiger charge is 2.13. The minimum Gasteiger partial charge on any atom is -0.325 e. The fourth-order valence-electron chi connectivity index (χ4n) is 2.22. The first kappa shape index (κ1) is 15.6. The summed E-state index contributed by atoms with van der Waals surface area (Å²) in [5, 5.41) is 4.17. The maximum Gasteiger partial charge on any atom is 0.132 e. The standard InChI is InChI=1S/C17H19N5S/c1-10-7-8-19-15(9-10)22-14-6-4-5-13(21-14)16-12(3)20-17(23-16)11(2)18/h4-9,11H,18H2,1-3H3,(H,19,21,22)/t11-/m0/s1. The van der Waals surface area contributed by atoms with E-state index in [1.54, 1.807) is 17.5 Å². The lowest BCUT2D eigenvalue weighted by Crippen LogP contribution is -2.03. The molecule has 3 aromatic heterocycles. The predicted octanol–water partition coefficient (Wildman–Crippen LogP) is 3.98. The van der Waals surface area contributed by atoms with Crippen LogP contribution in [0.25, 0.3) is 10.6 Å². The molecule has 0 aliphatic carbocycles. The maximum atomic E-state index is 5.93. The molecule has 0 saturated carbocycles. The van der Waals surface area contributed by atoms with Gasteiger partial charge in [-0.15, -0.1) is 11.3 Å². The second kappa shape index (κ2) is 6.44. The number of rotatable bonds is 4. The quantitative estimate of drug-likeness (QED) is 0.758. The highest BCUT2D eigenvalue weighted by atomic mass is 32.1. The molecule has 5 nitrogen and oxygen atoms in total. The van der Waals surface area contributed by atoms with Crippen LogP contribution in [-0.4, -0.2) is 15.0 Å². The molecule has 3 heterocycles. The Labute approximate surface area is 139 Å². The van der Waals surface area contributed by atoms with E-state index < -0.39 is 0 Å². The molecule has 0 fully saturated rings. The van der Waals surface area contributed by atoms with Gasteiger partial charge in [-0.3, -0.25) is 0 Å². The number of nitrogens with two attached hydrogens (primary N) is 1. The lowest BCUT2D eigenvalue weighted by molar-refractivity contribution is 0.803. The van der Waals surface area contributed by atoms with E-state index in [0.29, 0.717) is 0 Å². The second-order valence-electron chi connectivity index (χ2n) is 5.51. The summed E-state index contributed by atoms with van der Waals surface area (Å²) in [7, 11) is 0. The third-order valence-corrected chi connectivity index (χ3v) is 4.74. The van der Waals surface area contributed by atoms with E-state index in [4.69, 9.17) is 5.73 Å². The first-order valence-electron chi connectivity index (χ1n) is 7.43. The van der Waals surface area contributed by atoms with Crippen LogP contribution in [0.4, 0.5) is 11.6 Å². The molecule has 3 rings (SSSR count). The Morgan fingerprint density at radius 3 is 2.65 bits per heavy atom. The Kier molecular flexibility index (Phi) is 4.36. The number of pyridine rings is 2. The Morgan fingerprint density at radius 2 is 1.96 bits per heavy atom. The molecule has 118 valence electrons. The second-order valence-corrected chi connectivity index (χ2v) is 6.54. The lowest BCUT2D eigenvalue weighted by atomic mass is 10.2. The zero-order chi connectivity index (χ0) is 16.4. The van der Waals surface area contributed by atoms with Crippen LogP contribution in [-0.2, 0) is 0 Å². The van der Waals surface area contributed by atoms with E-state index in [1.165, 1.54) is 0 Å². The average Bonchev–Trinajstić information content (AvgIpc) is 2.90. The van der Waals surface area contributed by atoms with Crippen LogP contribution in [0.5, 0.6) is 0 Å². The van der Waals surface area contributed by atoms with Gasteiger partial charge in [-0.05, 0) is 50.6 Å². The number of nitrogens with zero attached hydrogens (tertiary/aromatic N) is 3. The fourth-order valence-corrected chi connectivity index (χ4v) is 3.21. The summed E-state index contributed by atoms with van der Waals surface area (Å²) in [6, 6.07) is 9.78. The van der Waals surface area contributed by atoms with Gasteiger partial charge in [0, 0.05) is 6.20 Å². The number of nitrogens with one attached hydrogen (secondary N) is 1. The van der Waals surface area contributed by atoms with Gasteiger partial charge in [0.1, 0.15) is 16.6 Å². The molecule has 0 amide bonds. The fraction of sp³-hybridized carbons (Fsp3) is 0.235. The highest BCUT2D eigenvalue weighted by Crippen LogP contribution is 2.31. The average molecular weight is 325 g/mol. The van der Waals surface area contributed by atoms with Gasteiger partial charge in [0.15, 0.2) is 0 Å². The summed E-state index contributed by atoms with van der Waals surface area (Å²) in [4.78, 5) is 14.6. The van der Waals surface area contributed by atoms with Crippen molar-refractivity contribution in [1.29, 1.82) is 0 Å². The zero-order valence-corrected chi connectivity index (χ0v) is 14.2. The number of thiazole rings is 1. The maximum absolute atomic E-state index is 5.93. The first-order valence-corrected chi connectivity index (χ1v) is 8.24. The molecule has 3 aromatic rings. The van der Waals surface area contributed by atoms with Crippen LogP contribution in [0.15, 0.2) is 36.5 Å². The molecule has 0 spiro atoms. The van der Waals surface area contributed by atoms with Crippen molar-refractivity contribution >= 4 is 23.0 Å². The summed E-state index contributed by atoms with van der Waals surface area (Å²) in [5.41, 5.74) is 8.93. The van der Waals surface area contributed by atoms with Crippen molar-refractivity contribution in [1.82, 2.24) is 15.0 Å². The molecule has 0 saturated heterocycles. The van der Waals surface area contributed by atoms with E-state index in [-0.39, 0.29) is 6.04 Å². The minimum absolute atomic E-state index is 0.0646. The summed E-state index contributed by atoms with van der Waals surface area (Å²) >= 11 is 1.60. The van der Waals surface area contributed by atoms with Gasteiger partial charge in [-0.2, -0.15) is 0 Å². The number of hydrogen-bond donors (Lipinski definition) is 2. The van der Waals surface area contributed by atoms with E-state index in [1.807, 2.05) is 51.1 Å². The lowest BCUT2D eigenvalue weighted by Gasteiger charge is -2.07. The van der Waals surface area contributed by atoms with Crippen molar-refractivity contribution in [2.24, 2.45) is 5.73 Å². The molecule has 0 unspecified atom stereocenters. The number of aryl methyl sites for hydroxylation is 2. The van der Waals surface area contributed by atoms with Crippen molar-refractivity contribution in [2.45, 2.75) is 26.8 Å². The molecule has 23 heavy (non-hydrogen) atoms. The predicted molar refractivity (Wildman–Crippen MR) is 94.9 cm³/mol. The molecule has 0 aromatic carbocycles. The Balaban J connectivity index is 1.91. The molecule has 0 radical (unpaired) electrons. The van der Waals surface area contributed by atoms with Crippen molar-refractivity contribution in [3.05, 3.63) is 52.8 Å². The minimum atomic E-state index is -0.0646. The third-order valence-electron chi connectivity index (χ3n) is 3.36. The summed E-state index contributed by atoms with van der Waals surface area (Å²) in [5.74, 6) is 1.54. The number of anilines is 2. The van der Waals surface area contributed by atoms with Crippen LogP contribution >= 0.6 is 11.3 Å². The topological polar surface area (TPSA) is 76.7 Å². The highest BCUT2D eigenvalue weighted by molar-refractivity contribution is 7.15. The van der Waals surface area contributed by atoms with Gasteiger partial charge in [-0.25, -0.2) is 15.0 Å². The van der Waals surface area contributed by atoms with Crippen LogP contribution in [0.2, 0.25) is 0 Å². The van der Waals surface area contributed by atoms with E-state index in [2.05, 4.69) is 20.3 Å². The molecule has 3 N–H and O–H groups in total. The Bertz CT molecular complexity index is 825. The van der Waals surface area contributed by atoms with Gasteiger partial charge < -0.3 is 11.1 Å². The smallest absolute Gasteiger partial charge is 0.132 e. The monoisotopic (exact) mass is 325 g/mol. The van der Waals surface area contributed by atoms with Crippen LogP contribution in [0.3, 0.4) is 0 Å². The first-order chi connectivity index (χ1) is 11.0. The Hall–Kier alpha value is -2.31. The molecule has 0 aliphatic heterocycles. The van der Waals surface area contributed by atoms with Crippen LogP contribution < -0.4 is 11.1 Å². The number of hydrogen-bond acceptors (Lipinski definition) is 6. The Morgan fingerprint density at radius 1 is 1.13 bits per heavy atom. The van der Waals surface area contributed by atoms with Gasteiger partial charge >= 0.3 is 0 Å². The van der Waals surface area contributed by atoms with E-state index in [0.717, 1.165) is 38.5 Å². The van der Waals surface area contributed by atoms with Gasteiger partial charge in [0.2, 0.25) is 0 Å². The third kappa shape index (κ3) is 3.55. The van der Waals surface area contributed by atoms with Crippen molar-refractivity contribution in [2.75, 3.05) is 5.32 Å². The van der Waals surface area contributed by atoms with Crippen LogP contribution in [0.1, 0.15) is 29.2 Å². The zero-order valence-electron chi connectivity index (χ0n) is 13.4. The largest absolute Gasteiger partial charge is 0.325 e. The van der Waals surface area contributed by atoms with Gasteiger partial charge in [0.25, 0.3) is 0 Å². The molecular formula is C17H19N5S. The summed E-state index contributed by atoms with van der Waals surface area (Å²) < 4.78 is 0. The van der Waals surface area contributed by atoms with Gasteiger partial charge in [0.05, 0.1) is 22.3 Å². The normalized spacial score (nSPS) is 12.2. The van der Waals surface area contributed by atoms with Crippen molar-refractivity contribution in [3.63, 3.8) is 0 Å². The molecular weight excluding hydrogens is 306 g/mol.